The van der Waals surface area contributed by atoms with Crippen LogP contribution in [0, 0.1) is 10.1 Å². The van der Waals surface area contributed by atoms with E-state index in [1.165, 1.54) is 42.5 Å². The molecular formula is C23H17ClN4O9S3. The van der Waals surface area contributed by atoms with Crippen LogP contribution in [0.3, 0.4) is 0 Å². The van der Waals surface area contributed by atoms with Crippen LogP contribution < -0.4 is 3.71 Å². The molecule has 0 aliphatic rings. The number of aromatic hydroxyl groups is 1. The number of hydrogen-bond acceptors (Lipinski definition) is 11. The van der Waals surface area contributed by atoms with Gasteiger partial charge in [-0.2, -0.15) is 16.8 Å². The Labute approximate surface area is 232 Å². The number of nitro benzene ring substituents is 1. The standard InChI is InChI=1S/C23H17ClN4O9S3/c1-38(32,33)22-13-15(27(30)31)11-12-19(22)25-26-20-14-21(29)17-9-5-6-10-18(17)23(20)28(40(24,36)37)39(34,35)16-7-3-2-4-8-16/h2-14,29H,1H3. The van der Waals surface area contributed by atoms with Gasteiger partial charge in [0.1, 0.15) is 27.7 Å². The van der Waals surface area contributed by atoms with Gasteiger partial charge in [0, 0.05) is 45.9 Å². The van der Waals surface area contributed by atoms with Gasteiger partial charge in [0.15, 0.2) is 9.84 Å². The van der Waals surface area contributed by atoms with E-state index in [1.54, 1.807) is 0 Å². The van der Waals surface area contributed by atoms with E-state index >= 15 is 0 Å². The molecule has 0 fully saturated rings. The fourth-order valence-electron chi connectivity index (χ4n) is 3.73. The number of hydrogen-bond donors (Lipinski definition) is 1. The SMILES string of the molecule is CS(=O)(=O)c1cc([N+](=O)[O-])ccc1N=Nc1cc(O)c2ccccc2c1N(S(=O)(=O)Cl)S(=O)(=O)c1ccccc1. The molecule has 208 valence electrons. The average Bonchev–Trinajstić information content (AvgIpc) is 2.88. The van der Waals surface area contributed by atoms with Gasteiger partial charge in [-0.15, -0.1) is 13.9 Å². The molecule has 0 saturated heterocycles. The van der Waals surface area contributed by atoms with Gasteiger partial charge in [0.05, 0.1) is 9.82 Å². The van der Waals surface area contributed by atoms with E-state index in [2.05, 4.69) is 10.2 Å². The summed E-state index contributed by atoms with van der Waals surface area (Å²) in [7, 11) is -8.43. The summed E-state index contributed by atoms with van der Waals surface area (Å²) in [6.07, 6.45) is 0.784. The first-order valence-electron chi connectivity index (χ1n) is 10.8. The number of nitrogens with zero attached hydrogens (tertiary/aromatic N) is 4. The monoisotopic (exact) mass is 624 g/mol. The van der Waals surface area contributed by atoms with Crippen LogP contribution in [-0.2, 0) is 29.1 Å². The lowest BCUT2D eigenvalue weighted by atomic mass is 10.1. The number of sulfonamides is 1. The molecule has 0 atom stereocenters. The second kappa shape index (κ2) is 10.5. The van der Waals surface area contributed by atoms with Crippen molar-refractivity contribution in [1.82, 2.24) is 0 Å². The lowest BCUT2D eigenvalue weighted by Crippen LogP contribution is -2.34. The lowest BCUT2D eigenvalue weighted by Gasteiger charge is -2.23. The number of rotatable bonds is 8. The Morgan fingerprint density at radius 2 is 1.40 bits per heavy atom. The Bertz CT molecular complexity index is 2020. The number of anilines is 1. The van der Waals surface area contributed by atoms with Crippen LogP contribution in [-0.4, -0.2) is 41.5 Å². The summed E-state index contributed by atoms with van der Waals surface area (Å²) in [6.45, 7) is 0. The summed E-state index contributed by atoms with van der Waals surface area (Å²) in [6, 6.07) is 15.8. The molecule has 0 aliphatic carbocycles. The molecule has 0 aromatic heterocycles. The minimum Gasteiger partial charge on any atom is -0.507 e. The first kappa shape index (κ1) is 28.9. The predicted molar refractivity (Wildman–Crippen MR) is 147 cm³/mol. The van der Waals surface area contributed by atoms with E-state index in [0.29, 0.717) is 0 Å². The molecule has 4 rings (SSSR count). The summed E-state index contributed by atoms with van der Waals surface area (Å²) in [5, 5.41) is 29.4. The van der Waals surface area contributed by atoms with E-state index in [9.17, 15) is 40.5 Å². The Morgan fingerprint density at radius 1 is 0.825 bits per heavy atom. The van der Waals surface area contributed by atoms with Crippen LogP contribution in [0.5, 0.6) is 5.75 Å². The van der Waals surface area contributed by atoms with E-state index in [-0.39, 0.29) is 20.2 Å². The summed E-state index contributed by atoms with van der Waals surface area (Å²) >= 11 is 0. The molecule has 40 heavy (non-hydrogen) atoms. The van der Waals surface area contributed by atoms with E-state index < -0.39 is 66.6 Å². The molecule has 0 aliphatic heterocycles. The molecule has 0 amide bonds. The van der Waals surface area contributed by atoms with Gasteiger partial charge in [-0.3, -0.25) is 10.1 Å². The van der Waals surface area contributed by atoms with Crippen LogP contribution in [0.15, 0.2) is 98.9 Å². The molecule has 4 aromatic carbocycles. The molecule has 13 nitrogen and oxygen atoms in total. The van der Waals surface area contributed by atoms with Crippen molar-refractivity contribution >= 4 is 73.3 Å². The number of fused-ring (bicyclic) bond motifs is 1. The fourth-order valence-corrected chi connectivity index (χ4v) is 8.16. The molecule has 0 radical (unpaired) electrons. The Balaban J connectivity index is 2.06. The third-order valence-electron chi connectivity index (χ3n) is 5.43. The van der Waals surface area contributed by atoms with Gasteiger partial charge in [0.2, 0.25) is 0 Å². The molecule has 0 spiro atoms. The van der Waals surface area contributed by atoms with Gasteiger partial charge < -0.3 is 5.11 Å². The maximum absolute atomic E-state index is 13.6. The Morgan fingerprint density at radius 3 is 1.98 bits per heavy atom. The zero-order chi connectivity index (χ0) is 29.5. The molecular weight excluding hydrogens is 608 g/mol. The number of phenols is 1. The number of azo groups is 1. The maximum Gasteiger partial charge on any atom is 0.335 e. The largest absolute Gasteiger partial charge is 0.507 e. The van der Waals surface area contributed by atoms with Crippen molar-refractivity contribution in [3.8, 4) is 5.75 Å². The summed E-state index contributed by atoms with van der Waals surface area (Å²) in [5.74, 6) is -0.440. The molecule has 4 aromatic rings. The van der Waals surface area contributed by atoms with Crippen molar-refractivity contribution in [1.29, 1.82) is 0 Å². The van der Waals surface area contributed by atoms with E-state index in [0.717, 1.165) is 42.7 Å². The Kier molecular flexibility index (Phi) is 7.55. The van der Waals surface area contributed by atoms with Crippen molar-refractivity contribution in [3.05, 3.63) is 89.0 Å². The fraction of sp³-hybridized carbons (Fsp3) is 0.0435. The van der Waals surface area contributed by atoms with Crippen molar-refractivity contribution in [2.75, 3.05) is 9.97 Å². The van der Waals surface area contributed by atoms with Crippen LogP contribution in [0.4, 0.5) is 22.7 Å². The normalized spacial score (nSPS) is 12.6. The smallest absolute Gasteiger partial charge is 0.335 e. The zero-order valence-corrected chi connectivity index (χ0v) is 23.3. The number of nitro groups is 1. The number of halogens is 1. The van der Waals surface area contributed by atoms with Gasteiger partial charge in [-0.25, -0.2) is 8.42 Å². The Hall–Kier alpha value is -4.12. The van der Waals surface area contributed by atoms with Crippen LogP contribution in [0.25, 0.3) is 10.8 Å². The lowest BCUT2D eigenvalue weighted by molar-refractivity contribution is -0.385. The first-order chi connectivity index (χ1) is 18.6. The minimum atomic E-state index is -5.12. The van der Waals surface area contributed by atoms with E-state index in [4.69, 9.17) is 10.7 Å². The summed E-state index contributed by atoms with van der Waals surface area (Å²) in [4.78, 5) is 9.33. The zero-order valence-electron chi connectivity index (χ0n) is 20.1. The van der Waals surface area contributed by atoms with Crippen molar-refractivity contribution < 1.29 is 35.3 Å². The van der Waals surface area contributed by atoms with Gasteiger partial charge in [-0.05, 0) is 18.2 Å². The van der Waals surface area contributed by atoms with Gasteiger partial charge >= 0.3 is 9.24 Å². The van der Waals surface area contributed by atoms with Crippen LogP contribution in [0.2, 0.25) is 0 Å². The van der Waals surface area contributed by atoms with E-state index in [1.807, 2.05) is 0 Å². The predicted octanol–water partition coefficient (Wildman–Crippen LogP) is 4.95. The molecule has 0 bridgehead atoms. The quantitative estimate of drug-likeness (QED) is 0.122. The van der Waals surface area contributed by atoms with Crippen LogP contribution >= 0.6 is 10.7 Å². The van der Waals surface area contributed by atoms with Crippen LogP contribution in [0.1, 0.15) is 0 Å². The van der Waals surface area contributed by atoms with Gasteiger partial charge in [0.25, 0.3) is 15.7 Å². The third kappa shape index (κ3) is 5.60. The number of non-ortho nitro benzene ring substituents is 1. The highest BCUT2D eigenvalue weighted by molar-refractivity contribution is 8.23. The van der Waals surface area contributed by atoms with Crippen molar-refractivity contribution in [3.63, 3.8) is 0 Å². The number of benzene rings is 4. The topological polar surface area (TPSA) is 194 Å². The molecule has 17 heteroatoms. The second-order valence-electron chi connectivity index (χ2n) is 8.15. The minimum absolute atomic E-state index is 0.0391. The second-order valence-corrected chi connectivity index (χ2v) is 14.5. The summed E-state index contributed by atoms with van der Waals surface area (Å²) < 4.78 is 77.4. The van der Waals surface area contributed by atoms with Crippen molar-refractivity contribution in [2.45, 2.75) is 9.79 Å². The maximum atomic E-state index is 13.6. The summed E-state index contributed by atoms with van der Waals surface area (Å²) in [5.41, 5.74) is -2.06. The first-order valence-corrected chi connectivity index (χ1v) is 16.4. The van der Waals surface area contributed by atoms with Crippen molar-refractivity contribution in [2.24, 2.45) is 10.2 Å². The molecule has 0 heterocycles. The van der Waals surface area contributed by atoms with Gasteiger partial charge in [-0.1, -0.05) is 42.5 Å². The average molecular weight is 625 g/mol. The molecule has 1 N–H and O–H groups in total. The molecule has 0 saturated carbocycles. The number of sulfone groups is 1. The highest BCUT2D eigenvalue weighted by atomic mass is 35.7. The highest BCUT2D eigenvalue weighted by Gasteiger charge is 2.38. The highest BCUT2D eigenvalue weighted by Crippen LogP contribution is 2.46. The molecule has 0 unspecified atom stereocenters. The third-order valence-corrected chi connectivity index (χ3v) is 10.5. The number of phenolic OH excluding ortho intramolecular Hbond substituents is 1.